The number of hydrogen-bond acceptors (Lipinski definition) is 7. The Morgan fingerprint density at radius 3 is 1.91 bits per heavy atom. The van der Waals surface area contributed by atoms with Gasteiger partial charge in [-0.25, -0.2) is 0 Å². The smallest absolute Gasteiger partial charge is 0.325 e. The Morgan fingerprint density at radius 2 is 1.34 bits per heavy atom. The summed E-state index contributed by atoms with van der Waals surface area (Å²) in [4.78, 5) is 49.1. The molecular formula is C24H30N4O7. The van der Waals surface area contributed by atoms with E-state index in [2.05, 4.69) is 16.0 Å². The van der Waals surface area contributed by atoms with Crippen LogP contribution in [0.1, 0.15) is 18.1 Å². The molecule has 0 aliphatic heterocycles. The van der Waals surface area contributed by atoms with E-state index in [0.717, 1.165) is 0 Å². The van der Waals surface area contributed by atoms with Crippen LogP contribution in [0.25, 0.3) is 0 Å². The van der Waals surface area contributed by atoms with E-state index >= 15 is 0 Å². The average Bonchev–Trinajstić information content (AvgIpc) is 2.83. The maximum Gasteiger partial charge on any atom is 0.325 e. The number of hydrogen-bond donors (Lipinski definition) is 7. The number of nitrogens with two attached hydrogens (primary N) is 1. The quantitative estimate of drug-likeness (QED) is 0.200. The molecule has 0 spiro atoms. The van der Waals surface area contributed by atoms with Gasteiger partial charge in [-0.05, 0) is 36.6 Å². The second-order valence-electron chi connectivity index (χ2n) is 8.04. The van der Waals surface area contributed by atoms with Gasteiger partial charge in [0.05, 0.1) is 12.6 Å². The molecule has 3 amide bonds. The Bertz CT molecular complexity index is 1010. The van der Waals surface area contributed by atoms with Gasteiger partial charge in [0.1, 0.15) is 23.9 Å². The summed E-state index contributed by atoms with van der Waals surface area (Å²) in [7, 11) is 0. The van der Waals surface area contributed by atoms with Gasteiger partial charge < -0.3 is 37.0 Å². The summed E-state index contributed by atoms with van der Waals surface area (Å²) in [5, 5.41) is 35.3. The Kier molecular flexibility index (Phi) is 10.2. The molecule has 188 valence electrons. The number of rotatable bonds is 12. The molecule has 0 bridgehead atoms. The number of carbonyl (C=O) groups excluding carboxylic acids is 3. The molecule has 0 saturated heterocycles. The minimum Gasteiger partial charge on any atom is -0.508 e. The molecule has 4 atom stereocenters. The zero-order valence-corrected chi connectivity index (χ0v) is 19.2. The molecule has 4 unspecified atom stereocenters. The Hall–Kier alpha value is -3.96. The van der Waals surface area contributed by atoms with Crippen LogP contribution >= 0.6 is 0 Å². The number of carboxylic acids is 1. The molecule has 0 fully saturated rings. The van der Waals surface area contributed by atoms with Gasteiger partial charge in [0.15, 0.2) is 0 Å². The first kappa shape index (κ1) is 27.3. The van der Waals surface area contributed by atoms with Crippen LogP contribution in [0, 0.1) is 0 Å². The van der Waals surface area contributed by atoms with Gasteiger partial charge >= 0.3 is 5.97 Å². The lowest BCUT2D eigenvalue weighted by molar-refractivity contribution is -0.141. The number of nitrogens with one attached hydrogen (secondary N) is 3. The standard InChI is InChI=1S/C24H30N4O7/c1-14(24(34)35)26-22(32)19(12-15-5-3-2-4-6-15)27-23(33)20(13-29)28-21(31)18(25)11-16-7-9-17(30)10-8-16/h2-10,14,18-20,29-30H,11-13,25H2,1H3,(H,26,32)(H,27,33)(H,28,31)(H,34,35). The average molecular weight is 487 g/mol. The number of aliphatic hydroxyl groups excluding tert-OH is 1. The number of amides is 3. The fraction of sp³-hybridized carbons (Fsp3) is 0.333. The number of benzene rings is 2. The molecule has 8 N–H and O–H groups in total. The van der Waals surface area contributed by atoms with E-state index in [-0.39, 0.29) is 18.6 Å². The maximum atomic E-state index is 12.8. The molecule has 0 saturated carbocycles. The SMILES string of the molecule is CC(NC(=O)C(Cc1ccccc1)NC(=O)C(CO)NC(=O)C(N)Cc1ccc(O)cc1)C(=O)O. The zero-order valence-electron chi connectivity index (χ0n) is 19.2. The van der Waals surface area contributed by atoms with Gasteiger partial charge in [0.2, 0.25) is 17.7 Å². The lowest BCUT2D eigenvalue weighted by Crippen LogP contribution is -2.58. The van der Waals surface area contributed by atoms with E-state index in [1.807, 2.05) is 0 Å². The summed E-state index contributed by atoms with van der Waals surface area (Å²) < 4.78 is 0. The van der Waals surface area contributed by atoms with Crippen LogP contribution in [0.15, 0.2) is 54.6 Å². The van der Waals surface area contributed by atoms with Gasteiger partial charge in [-0.1, -0.05) is 42.5 Å². The van der Waals surface area contributed by atoms with Crippen LogP contribution in [-0.4, -0.2) is 69.8 Å². The summed E-state index contributed by atoms with van der Waals surface area (Å²) in [6.07, 6.45) is 0.176. The highest BCUT2D eigenvalue weighted by Crippen LogP contribution is 2.11. The molecule has 0 heterocycles. The van der Waals surface area contributed by atoms with Crippen molar-refractivity contribution in [2.75, 3.05) is 6.61 Å². The van der Waals surface area contributed by atoms with Crippen molar-refractivity contribution in [3.63, 3.8) is 0 Å². The number of aromatic hydroxyl groups is 1. The van der Waals surface area contributed by atoms with Crippen molar-refractivity contribution in [2.45, 2.75) is 43.9 Å². The molecule has 0 aliphatic rings. The third-order valence-corrected chi connectivity index (χ3v) is 5.19. The van der Waals surface area contributed by atoms with Crippen LogP contribution in [-0.2, 0) is 32.0 Å². The first-order valence-corrected chi connectivity index (χ1v) is 10.9. The summed E-state index contributed by atoms with van der Waals surface area (Å²) in [5.41, 5.74) is 7.31. The highest BCUT2D eigenvalue weighted by atomic mass is 16.4. The van der Waals surface area contributed by atoms with Crippen LogP contribution in [0.4, 0.5) is 0 Å². The Morgan fingerprint density at radius 1 is 0.800 bits per heavy atom. The molecule has 11 heteroatoms. The van der Waals surface area contributed by atoms with E-state index in [1.165, 1.54) is 19.1 Å². The topological polar surface area (TPSA) is 191 Å². The van der Waals surface area contributed by atoms with Crippen LogP contribution in [0.2, 0.25) is 0 Å². The van der Waals surface area contributed by atoms with Crippen LogP contribution in [0.5, 0.6) is 5.75 Å². The second kappa shape index (κ2) is 13.1. The normalized spacial score (nSPS) is 14.1. The predicted octanol–water partition coefficient (Wildman–Crippen LogP) is -0.944. The molecule has 0 aromatic heterocycles. The van der Waals surface area contributed by atoms with Crippen molar-refractivity contribution < 1.29 is 34.5 Å². The maximum absolute atomic E-state index is 12.8. The molecule has 0 radical (unpaired) electrons. The van der Waals surface area contributed by atoms with E-state index in [0.29, 0.717) is 11.1 Å². The minimum absolute atomic E-state index is 0.0528. The number of phenols is 1. The molecule has 2 rings (SSSR count). The molecule has 2 aromatic carbocycles. The van der Waals surface area contributed by atoms with Crippen molar-refractivity contribution in [3.8, 4) is 5.75 Å². The number of phenolic OH excluding ortho intramolecular Hbond substituents is 1. The summed E-state index contributed by atoms with van der Waals surface area (Å²) in [6, 6.07) is 10.1. The van der Waals surface area contributed by atoms with Crippen molar-refractivity contribution in [3.05, 3.63) is 65.7 Å². The Labute approximate surface area is 202 Å². The fourth-order valence-corrected chi connectivity index (χ4v) is 3.16. The van der Waals surface area contributed by atoms with Gasteiger partial charge in [-0.3, -0.25) is 19.2 Å². The molecule has 11 nitrogen and oxygen atoms in total. The second-order valence-corrected chi connectivity index (χ2v) is 8.04. The van der Waals surface area contributed by atoms with Crippen LogP contribution in [0.3, 0.4) is 0 Å². The summed E-state index contributed by atoms with van der Waals surface area (Å²) in [6.45, 7) is 0.530. The van der Waals surface area contributed by atoms with E-state index in [9.17, 15) is 29.4 Å². The van der Waals surface area contributed by atoms with Gasteiger partial charge in [0.25, 0.3) is 0 Å². The first-order valence-electron chi connectivity index (χ1n) is 10.9. The fourth-order valence-electron chi connectivity index (χ4n) is 3.16. The highest BCUT2D eigenvalue weighted by molar-refractivity contribution is 5.94. The molecule has 35 heavy (non-hydrogen) atoms. The van der Waals surface area contributed by atoms with E-state index < -0.39 is 54.5 Å². The zero-order chi connectivity index (χ0) is 26.0. The third kappa shape index (κ3) is 8.72. The first-order chi connectivity index (χ1) is 16.6. The number of aliphatic carboxylic acids is 1. The number of carboxylic acid groups (broad SMARTS) is 1. The van der Waals surface area contributed by atoms with E-state index in [4.69, 9.17) is 10.8 Å². The lowest BCUT2D eigenvalue weighted by Gasteiger charge is -2.24. The van der Waals surface area contributed by atoms with Gasteiger partial charge in [-0.2, -0.15) is 0 Å². The molecule has 2 aromatic rings. The van der Waals surface area contributed by atoms with E-state index in [1.54, 1.807) is 42.5 Å². The van der Waals surface area contributed by atoms with Crippen molar-refractivity contribution in [1.82, 2.24) is 16.0 Å². The third-order valence-electron chi connectivity index (χ3n) is 5.19. The number of carbonyl (C=O) groups is 4. The van der Waals surface area contributed by atoms with Gasteiger partial charge in [-0.15, -0.1) is 0 Å². The molecule has 0 aliphatic carbocycles. The molecular weight excluding hydrogens is 456 g/mol. The Balaban J connectivity index is 2.06. The number of aliphatic hydroxyl groups is 1. The monoisotopic (exact) mass is 486 g/mol. The lowest BCUT2D eigenvalue weighted by atomic mass is 10.0. The van der Waals surface area contributed by atoms with Crippen molar-refractivity contribution in [2.24, 2.45) is 5.73 Å². The summed E-state index contributed by atoms with van der Waals surface area (Å²) >= 11 is 0. The predicted molar refractivity (Wildman–Crippen MR) is 126 cm³/mol. The summed E-state index contributed by atoms with van der Waals surface area (Å²) in [5.74, 6) is -3.45. The highest BCUT2D eigenvalue weighted by Gasteiger charge is 2.29. The van der Waals surface area contributed by atoms with Crippen molar-refractivity contribution in [1.29, 1.82) is 0 Å². The van der Waals surface area contributed by atoms with Crippen molar-refractivity contribution >= 4 is 23.7 Å². The van der Waals surface area contributed by atoms with Gasteiger partial charge in [0, 0.05) is 6.42 Å². The minimum atomic E-state index is -1.39. The largest absolute Gasteiger partial charge is 0.508 e. The van der Waals surface area contributed by atoms with Crippen LogP contribution < -0.4 is 21.7 Å².